The molecular weight excluding hydrogens is 372 g/mol. The molecule has 0 aliphatic carbocycles. The maximum atomic E-state index is 12.7. The summed E-state index contributed by atoms with van der Waals surface area (Å²) in [6, 6.07) is 9.79. The highest BCUT2D eigenvalue weighted by Crippen LogP contribution is 2.26. The molecule has 2 aromatic rings. The fourth-order valence-electron chi connectivity index (χ4n) is 2.35. The molecule has 0 radical (unpaired) electrons. The standard InChI is InChI=1S/C17H20N4O5S/c1-19(2)16-9-8-13(21(23)24)11-15(16)17(22)18-12-6-5-7-14(10-12)27(25,26)20(3)4/h5-11H,1-4H3,(H,18,22). The zero-order chi connectivity index (χ0) is 20.4. The van der Waals surface area contributed by atoms with E-state index in [0.717, 1.165) is 4.31 Å². The van der Waals surface area contributed by atoms with Crippen LogP contribution in [0.5, 0.6) is 0 Å². The van der Waals surface area contributed by atoms with E-state index in [-0.39, 0.29) is 21.8 Å². The minimum absolute atomic E-state index is 0.0252. The molecule has 10 heteroatoms. The van der Waals surface area contributed by atoms with Crippen molar-refractivity contribution in [3.05, 3.63) is 58.1 Å². The summed E-state index contributed by atoms with van der Waals surface area (Å²) in [5.41, 5.74) is 0.652. The van der Waals surface area contributed by atoms with Crippen molar-refractivity contribution < 1.29 is 18.1 Å². The zero-order valence-electron chi connectivity index (χ0n) is 15.3. The largest absolute Gasteiger partial charge is 0.377 e. The van der Waals surface area contributed by atoms with Gasteiger partial charge in [0.2, 0.25) is 10.0 Å². The summed E-state index contributed by atoms with van der Waals surface area (Å²) >= 11 is 0. The van der Waals surface area contributed by atoms with Gasteiger partial charge in [-0.05, 0) is 24.3 Å². The number of rotatable bonds is 6. The van der Waals surface area contributed by atoms with Gasteiger partial charge in [-0.15, -0.1) is 0 Å². The van der Waals surface area contributed by atoms with Crippen molar-refractivity contribution in [3.8, 4) is 0 Å². The van der Waals surface area contributed by atoms with E-state index in [4.69, 9.17) is 0 Å². The Morgan fingerprint density at radius 2 is 1.74 bits per heavy atom. The molecule has 2 rings (SSSR count). The quantitative estimate of drug-likeness (QED) is 0.595. The summed E-state index contributed by atoms with van der Waals surface area (Å²) < 4.78 is 25.5. The molecule has 0 fully saturated rings. The number of sulfonamides is 1. The van der Waals surface area contributed by atoms with Crippen LogP contribution in [0.3, 0.4) is 0 Å². The van der Waals surface area contributed by atoms with Crippen LogP contribution in [0.15, 0.2) is 47.4 Å². The van der Waals surface area contributed by atoms with Gasteiger partial charge in [-0.3, -0.25) is 14.9 Å². The number of carbonyl (C=O) groups excluding carboxylic acids is 1. The molecular formula is C17H20N4O5S. The Morgan fingerprint density at radius 3 is 2.30 bits per heavy atom. The van der Waals surface area contributed by atoms with E-state index in [1.165, 1.54) is 50.5 Å². The van der Waals surface area contributed by atoms with Crippen LogP contribution in [-0.4, -0.2) is 51.7 Å². The number of anilines is 2. The van der Waals surface area contributed by atoms with Crippen LogP contribution >= 0.6 is 0 Å². The third-order valence-electron chi connectivity index (χ3n) is 3.79. The Labute approximate surface area is 157 Å². The first-order valence-electron chi connectivity index (χ1n) is 7.83. The minimum Gasteiger partial charge on any atom is -0.377 e. The van der Waals surface area contributed by atoms with Crippen LogP contribution in [0, 0.1) is 10.1 Å². The predicted octanol–water partition coefficient (Wildman–Crippen LogP) is 2.16. The molecule has 0 spiro atoms. The summed E-state index contributed by atoms with van der Waals surface area (Å²) in [5.74, 6) is -0.582. The van der Waals surface area contributed by atoms with E-state index in [9.17, 15) is 23.3 Å². The number of hydrogen-bond acceptors (Lipinski definition) is 6. The van der Waals surface area contributed by atoms with Gasteiger partial charge >= 0.3 is 0 Å². The van der Waals surface area contributed by atoms with Crippen molar-refractivity contribution in [1.29, 1.82) is 0 Å². The monoisotopic (exact) mass is 392 g/mol. The fourth-order valence-corrected chi connectivity index (χ4v) is 3.30. The highest BCUT2D eigenvalue weighted by atomic mass is 32.2. The van der Waals surface area contributed by atoms with Crippen LogP contribution < -0.4 is 10.2 Å². The van der Waals surface area contributed by atoms with Crippen molar-refractivity contribution in [2.45, 2.75) is 4.90 Å². The smallest absolute Gasteiger partial charge is 0.270 e. The van der Waals surface area contributed by atoms with Crippen LogP contribution in [0.4, 0.5) is 17.1 Å². The topological polar surface area (TPSA) is 113 Å². The maximum Gasteiger partial charge on any atom is 0.270 e. The van der Waals surface area contributed by atoms with Gasteiger partial charge in [0.15, 0.2) is 0 Å². The molecule has 144 valence electrons. The molecule has 0 aliphatic rings. The lowest BCUT2D eigenvalue weighted by Gasteiger charge is -2.17. The van der Waals surface area contributed by atoms with E-state index >= 15 is 0 Å². The number of amides is 1. The van der Waals surface area contributed by atoms with Gasteiger partial charge in [0.1, 0.15) is 0 Å². The summed E-state index contributed by atoms with van der Waals surface area (Å²) in [5, 5.41) is 13.6. The molecule has 0 bridgehead atoms. The zero-order valence-corrected chi connectivity index (χ0v) is 16.1. The Kier molecular flexibility index (Phi) is 5.82. The maximum absolute atomic E-state index is 12.7. The fraction of sp³-hybridized carbons (Fsp3) is 0.235. The van der Waals surface area contributed by atoms with Crippen LogP contribution in [0.2, 0.25) is 0 Å². The molecule has 0 saturated heterocycles. The van der Waals surface area contributed by atoms with Gasteiger partial charge in [0.25, 0.3) is 11.6 Å². The number of nitrogens with one attached hydrogen (secondary N) is 1. The van der Waals surface area contributed by atoms with E-state index in [1.807, 2.05) is 0 Å². The molecule has 1 amide bonds. The van der Waals surface area contributed by atoms with Gasteiger partial charge < -0.3 is 10.2 Å². The van der Waals surface area contributed by atoms with E-state index in [0.29, 0.717) is 5.69 Å². The molecule has 1 N–H and O–H groups in total. The SMILES string of the molecule is CN(C)c1ccc([N+](=O)[O-])cc1C(=O)Nc1cccc(S(=O)(=O)N(C)C)c1. The molecule has 0 aromatic heterocycles. The lowest BCUT2D eigenvalue weighted by atomic mass is 10.1. The van der Waals surface area contributed by atoms with Crippen molar-refractivity contribution in [2.75, 3.05) is 38.4 Å². The van der Waals surface area contributed by atoms with E-state index < -0.39 is 20.9 Å². The molecule has 9 nitrogen and oxygen atoms in total. The van der Waals surface area contributed by atoms with Crippen molar-refractivity contribution in [1.82, 2.24) is 4.31 Å². The summed E-state index contributed by atoms with van der Waals surface area (Å²) in [7, 11) is 2.59. The van der Waals surface area contributed by atoms with Gasteiger partial charge in [-0.25, -0.2) is 12.7 Å². The van der Waals surface area contributed by atoms with E-state index in [2.05, 4.69) is 5.32 Å². The summed E-state index contributed by atoms with van der Waals surface area (Å²) in [4.78, 5) is 24.8. The highest BCUT2D eigenvalue weighted by Gasteiger charge is 2.20. The number of nitro groups is 1. The highest BCUT2D eigenvalue weighted by molar-refractivity contribution is 7.89. The minimum atomic E-state index is -3.65. The second kappa shape index (κ2) is 7.72. The summed E-state index contributed by atoms with van der Waals surface area (Å²) in [6.07, 6.45) is 0. The molecule has 0 unspecified atom stereocenters. The summed E-state index contributed by atoms with van der Waals surface area (Å²) in [6.45, 7) is 0. The van der Waals surface area contributed by atoms with Crippen molar-refractivity contribution in [3.63, 3.8) is 0 Å². The van der Waals surface area contributed by atoms with E-state index in [1.54, 1.807) is 25.1 Å². The molecule has 0 aliphatic heterocycles. The van der Waals surface area contributed by atoms with Gasteiger partial charge in [0, 0.05) is 51.7 Å². The average molecular weight is 392 g/mol. The Morgan fingerprint density at radius 1 is 1.07 bits per heavy atom. The number of carbonyl (C=O) groups is 1. The first-order chi connectivity index (χ1) is 12.5. The predicted molar refractivity (Wildman–Crippen MR) is 103 cm³/mol. The number of nitro benzene ring substituents is 1. The van der Waals surface area contributed by atoms with Gasteiger partial charge in [-0.2, -0.15) is 0 Å². The second-order valence-corrected chi connectivity index (χ2v) is 8.27. The number of nitrogens with zero attached hydrogens (tertiary/aromatic N) is 3. The number of hydrogen-bond donors (Lipinski definition) is 1. The molecule has 0 saturated carbocycles. The first-order valence-corrected chi connectivity index (χ1v) is 9.27. The van der Waals surface area contributed by atoms with Crippen molar-refractivity contribution >= 4 is 33.0 Å². The lowest BCUT2D eigenvalue weighted by molar-refractivity contribution is -0.384. The van der Waals surface area contributed by atoms with Crippen molar-refractivity contribution in [2.24, 2.45) is 0 Å². The Balaban J connectivity index is 2.41. The van der Waals surface area contributed by atoms with Crippen LogP contribution in [0.1, 0.15) is 10.4 Å². The number of non-ortho nitro benzene ring substituents is 1. The van der Waals surface area contributed by atoms with Crippen LogP contribution in [-0.2, 0) is 10.0 Å². The van der Waals surface area contributed by atoms with Crippen LogP contribution in [0.25, 0.3) is 0 Å². The second-order valence-electron chi connectivity index (χ2n) is 6.12. The third kappa shape index (κ3) is 4.41. The number of benzene rings is 2. The molecule has 2 aromatic carbocycles. The van der Waals surface area contributed by atoms with Gasteiger partial charge in [-0.1, -0.05) is 6.07 Å². The molecule has 27 heavy (non-hydrogen) atoms. The lowest BCUT2D eigenvalue weighted by Crippen LogP contribution is -2.22. The third-order valence-corrected chi connectivity index (χ3v) is 5.60. The Hall–Kier alpha value is -2.98. The first kappa shape index (κ1) is 20.3. The van der Waals surface area contributed by atoms with Gasteiger partial charge in [0.05, 0.1) is 15.4 Å². The normalized spacial score (nSPS) is 11.3. The molecule has 0 heterocycles. The Bertz CT molecular complexity index is 987. The molecule has 0 atom stereocenters. The average Bonchev–Trinajstić information content (AvgIpc) is 2.61.